The maximum atomic E-state index is 12.2. The second-order valence-corrected chi connectivity index (χ2v) is 8.77. The monoisotopic (exact) mass is 386 g/mol. The summed E-state index contributed by atoms with van der Waals surface area (Å²) in [4.78, 5) is 25.3. The zero-order chi connectivity index (χ0) is 18.0. The molecule has 2 aliphatic rings. The van der Waals surface area contributed by atoms with Gasteiger partial charge in [-0.2, -0.15) is 0 Å². The van der Waals surface area contributed by atoms with Gasteiger partial charge in [0.2, 0.25) is 5.91 Å². The molecule has 1 atom stereocenters. The van der Waals surface area contributed by atoms with Gasteiger partial charge in [0.15, 0.2) is 9.84 Å². The van der Waals surface area contributed by atoms with E-state index in [0.29, 0.717) is 11.6 Å². The third kappa shape index (κ3) is 4.64. The van der Waals surface area contributed by atoms with Gasteiger partial charge < -0.3 is 15.0 Å². The summed E-state index contributed by atoms with van der Waals surface area (Å²) in [5.74, 6) is -0.704. The molecule has 0 bridgehead atoms. The standard InChI is InChI=1S/C16H19ClN2O5S/c17-11-2-1-3-14(8-11)25(22,23)7-6-15(20)18-9-13-10-19(12-4-5-12)16(21)24-13/h1-3,8,12-13H,4-7,9-10H2,(H,18,20). The Hall–Kier alpha value is -1.80. The van der Waals surface area contributed by atoms with Gasteiger partial charge in [0, 0.05) is 17.5 Å². The average molecular weight is 387 g/mol. The van der Waals surface area contributed by atoms with Crippen LogP contribution in [0.1, 0.15) is 19.3 Å². The number of hydrogen-bond acceptors (Lipinski definition) is 5. The molecule has 1 saturated heterocycles. The van der Waals surface area contributed by atoms with Crippen LogP contribution < -0.4 is 5.32 Å². The number of ether oxygens (including phenoxy) is 1. The molecule has 136 valence electrons. The first-order valence-corrected chi connectivity index (χ1v) is 10.1. The molecule has 1 aliphatic carbocycles. The summed E-state index contributed by atoms with van der Waals surface area (Å²) in [5.41, 5.74) is 0. The van der Waals surface area contributed by atoms with E-state index in [-0.39, 0.29) is 41.9 Å². The van der Waals surface area contributed by atoms with Gasteiger partial charge in [-0.25, -0.2) is 13.2 Å². The molecule has 1 unspecified atom stereocenters. The molecule has 9 heteroatoms. The Labute approximate surface area is 151 Å². The van der Waals surface area contributed by atoms with E-state index in [9.17, 15) is 18.0 Å². The minimum Gasteiger partial charge on any atom is -0.442 e. The van der Waals surface area contributed by atoms with Crippen molar-refractivity contribution in [3.05, 3.63) is 29.3 Å². The van der Waals surface area contributed by atoms with Crippen LogP contribution in [-0.4, -0.2) is 56.3 Å². The largest absolute Gasteiger partial charge is 0.442 e. The van der Waals surface area contributed by atoms with Crippen molar-refractivity contribution in [1.82, 2.24) is 10.2 Å². The van der Waals surface area contributed by atoms with Gasteiger partial charge in [0.1, 0.15) is 6.10 Å². The number of carbonyl (C=O) groups is 2. The summed E-state index contributed by atoms with van der Waals surface area (Å²) in [5, 5.41) is 2.95. The van der Waals surface area contributed by atoms with Crippen LogP contribution in [0.4, 0.5) is 4.79 Å². The lowest BCUT2D eigenvalue weighted by Gasteiger charge is -2.11. The van der Waals surface area contributed by atoms with Crippen LogP contribution in [0, 0.1) is 0 Å². The van der Waals surface area contributed by atoms with Crippen molar-refractivity contribution in [2.45, 2.75) is 36.3 Å². The van der Waals surface area contributed by atoms with Crippen molar-refractivity contribution in [2.75, 3.05) is 18.8 Å². The maximum absolute atomic E-state index is 12.2. The van der Waals surface area contributed by atoms with Crippen LogP contribution >= 0.6 is 11.6 Å². The molecule has 25 heavy (non-hydrogen) atoms. The molecule has 3 rings (SSSR count). The predicted octanol–water partition coefficient (Wildman–Crippen LogP) is 1.60. The molecule has 0 radical (unpaired) electrons. The van der Waals surface area contributed by atoms with Gasteiger partial charge >= 0.3 is 6.09 Å². The number of rotatable bonds is 7. The Balaban J connectivity index is 1.44. The first-order valence-electron chi connectivity index (χ1n) is 8.07. The fourth-order valence-electron chi connectivity index (χ4n) is 2.65. The van der Waals surface area contributed by atoms with Crippen LogP contribution in [0.15, 0.2) is 29.2 Å². The summed E-state index contributed by atoms with van der Waals surface area (Å²) in [6.45, 7) is 0.648. The SMILES string of the molecule is O=C(CCS(=O)(=O)c1cccc(Cl)c1)NCC1CN(C2CC2)C(=O)O1. The second-order valence-electron chi connectivity index (χ2n) is 6.22. The van der Waals surface area contributed by atoms with Gasteiger partial charge in [0.05, 0.1) is 23.7 Å². The van der Waals surface area contributed by atoms with Crippen molar-refractivity contribution in [1.29, 1.82) is 0 Å². The van der Waals surface area contributed by atoms with Gasteiger partial charge in [-0.3, -0.25) is 4.79 Å². The summed E-state index contributed by atoms with van der Waals surface area (Å²) in [6.07, 6.45) is 1.10. The summed E-state index contributed by atoms with van der Waals surface area (Å²) in [6, 6.07) is 6.22. The lowest BCUT2D eigenvalue weighted by molar-refractivity contribution is -0.121. The van der Waals surface area contributed by atoms with Crippen LogP contribution in [0.25, 0.3) is 0 Å². The van der Waals surface area contributed by atoms with Gasteiger partial charge in [-0.05, 0) is 31.0 Å². The predicted molar refractivity (Wildman–Crippen MR) is 91.1 cm³/mol. The van der Waals surface area contributed by atoms with Crippen molar-refractivity contribution in [3.63, 3.8) is 0 Å². The third-order valence-electron chi connectivity index (χ3n) is 4.17. The van der Waals surface area contributed by atoms with Crippen molar-refractivity contribution < 1.29 is 22.7 Å². The molecule has 1 aliphatic heterocycles. The van der Waals surface area contributed by atoms with E-state index in [2.05, 4.69) is 5.32 Å². The van der Waals surface area contributed by atoms with Gasteiger partial charge in [0.25, 0.3) is 0 Å². The molecule has 2 fully saturated rings. The second kappa shape index (κ2) is 7.21. The van der Waals surface area contributed by atoms with Crippen LogP contribution in [0.2, 0.25) is 5.02 Å². The minimum absolute atomic E-state index is 0.0950. The highest BCUT2D eigenvalue weighted by molar-refractivity contribution is 7.91. The summed E-state index contributed by atoms with van der Waals surface area (Å²) in [7, 11) is -3.57. The van der Waals surface area contributed by atoms with Crippen molar-refractivity contribution in [3.8, 4) is 0 Å². The Morgan fingerprint density at radius 2 is 2.12 bits per heavy atom. The van der Waals surface area contributed by atoms with E-state index >= 15 is 0 Å². The van der Waals surface area contributed by atoms with E-state index in [0.717, 1.165) is 12.8 Å². The number of amides is 2. The first-order chi connectivity index (χ1) is 11.8. The van der Waals surface area contributed by atoms with E-state index in [1.807, 2.05) is 0 Å². The number of sulfone groups is 1. The highest BCUT2D eigenvalue weighted by atomic mass is 35.5. The first kappa shape index (κ1) is 18.0. The van der Waals surface area contributed by atoms with Gasteiger partial charge in [-0.1, -0.05) is 17.7 Å². The molecule has 2 amide bonds. The molecular formula is C16H19ClN2O5S. The number of benzene rings is 1. The summed E-state index contributed by atoms with van der Waals surface area (Å²) >= 11 is 5.80. The van der Waals surface area contributed by atoms with Crippen molar-refractivity contribution >= 4 is 33.4 Å². The fourth-order valence-corrected chi connectivity index (χ4v) is 4.19. The molecule has 1 saturated carbocycles. The van der Waals surface area contributed by atoms with Crippen LogP contribution in [0.5, 0.6) is 0 Å². The number of carbonyl (C=O) groups excluding carboxylic acids is 2. The van der Waals surface area contributed by atoms with Crippen LogP contribution in [-0.2, 0) is 19.4 Å². The molecule has 0 aromatic heterocycles. The topological polar surface area (TPSA) is 92.8 Å². The maximum Gasteiger partial charge on any atom is 0.410 e. The Bertz CT molecular complexity index is 778. The zero-order valence-electron chi connectivity index (χ0n) is 13.5. The number of nitrogens with zero attached hydrogens (tertiary/aromatic N) is 1. The quantitative estimate of drug-likeness (QED) is 0.768. The average Bonchev–Trinajstić information content (AvgIpc) is 3.34. The summed E-state index contributed by atoms with van der Waals surface area (Å²) < 4.78 is 29.6. The number of halogens is 1. The number of cyclic esters (lactones) is 1. The molecular weight excluding hydrogens is 368 g/mol. The Morgan fingerprint density at radius 3 is 2.80 bits per heavy atom. The van der Waals surface area contributed by atoms with Crippen LogP contribution in [0.3, 0.4) is 0 Å². The van der Waals surface area contributed by atoms with E-state index in [4.69, 9.17) is 16.3 Å². The minimum atomic E-state index is -3.57. The highest BCUT2D eigenvalue weighted by Crippen LogP contribution is 2.30. The Morgan fingerprint density at radius 1 is 1.36 bits per heavy atom. The molecule has 1 aromatic rings. The van der Waals surface area contributed by atoms with Gasteiger partial charge in [-0.15, -0.1) is 0 Å². The van der Waals surface area contributed by atoms with E-state index in [1.165, 1.54) is 12.1 Å². The van der Waals surface area contributed by atoms with Crippen molar-refractivity contribution in [2.24, 2.45) is 0 Å². The molecule has 1 N–H and O–H groups in total. The number of nitrogens with one attached hydrogen (secondary N) is 1. The zero-order valence-corrected chi connectivity index (χ0v) is 15.1. The molecule has 1 heterocycles. The fraction of sp³-hybridized carbons (Fsp3) is 0.500. The molecule has 0 spiro atoms. The third-order valence-corrected chi connectivity index (χ3v) is 6.12. The Kier molecular flexibility index (Phi) is 5.19. The molecule has 1 aromatic carbocycles. The number of hydrogen-bond donors (Lipinski definition) is 1. The molecule has 7 nitrogen and oxygen atoms in total. The highest BCUT2D eigenvalue weighted by Gasteiger charge is 2.40. The van der Waals surface area contributed by atoms with E-state index < -0.39 is 15.7 Å². The smallest absolute Gasteiger partial charge is 0.410 e. The normalized spacial score (nSPS) is 20.4. The lowest BCUT2D eigenvalue weighted by Crippen LogP contribution is -2.35. The lowest BCUT2D eigenvalue weighted by atomic mass is 10.3. The van der Waals surface area contributed by atoms with E-state index in [1.54, 1.807) is 17.0 Å².